The van der Waals surface area contributed by atoms with Crippen LogP contribution in [0.5, 0.6) is 0 Å². The molecule has 0 aliphatic rings. The Kier molecular flexibility index (Phi) is 4.96. The van der Waals surface area contributed by atoms with E-state index in [1.54, 1.807) is 0 Å². The molecule has 3 aromatic carbocycles. The smallest absolute Gasteiger partial charge is 0.110 e. The molecule has 0 unspecified atom stereocenters. The van der Waals surface area contributed by atoms with Crippen LogP contribution in [-0.4, -0.2) is 9.55 Å². The van der Waals surface area contributed by atoms with E-state index >= 15 is 0 Å². The van der Waals surface area contributed by atoms with Crippen LogP contribution in [0.15, 0.2) is 72.8 Å². The van der Waals surface area contributed by atoms with Gasteiger partial charge in [0.25, 0.3) is 0 Å². The second-order valence-electron chi connectivity index (χ2n) is 6.34. The Morgan fingerprint density at radius 2 is 1.50 bits per heavy atom. The molecule has 0 N–H and O–H groups in total. The Balaban J connectivity index is 1.68. The summed E-state index contributed by atoms with van der Waals surface area (Å²) in [6.07, 6.45) is 1.85. The van der Waals surface area contributed by atoms with Crippen molar-refractivity contribution >= 4 is 34.2 Å². The highest BCUT2D eigenvalue weighted by molar-refractivity contribution is 6.42. The third-order valence-corrected chi connectivity index (χ3v) is 5.28. The number of benzene rings is 3. The lowest BCUT2D eigenvalue weighted by Crippen LogP contribution is -2.06. The SMILES string of the molecule is Clc1ccc(Cn2c(CCc3ccccc3)nc3ccccc32)cc1Cl. The van der Waals surface area contributed by atoms with Crippen LogP contribution in [0.1, 0.15) is 17.0 Å². The average Bonchev–Trinajstić information content (AvgIpc) is 3.01. The molecule has 0 saturated carbocycles. The van der Waals surface area contributed by atoms with Gasteiger partial charge < -0.3 is 4.57 Å². The third kappa shape index (κ3) is 3.62. The number of halogens is 2. The van der Waals surface area contributed by atoms with E-state index in [4.69, 9.17) is 28.2 Å². The number of imidazole rings is 1. The summed E-state index contributed by atoms with van der Waals surface area (Å²) in [4.78, 5) is 4.87. The van der Waals surface area contributed by atoms with Crippen molar-refractivity contribution in [1.82, 2.24) is 9.55 Å². The first kappa shape index (κ1) is 17.1. The van der Waals surface area contributed by atoms with E-state index in [1.807, 2.05) is 30.3 Å². The van der Waals surface area contributed by atoms with Gasteiger partial charge in [0.2, 0.25) is 0 Å². The number of para-hydroxylation sites is 2. The van der Waals surface area contributed by atoms with Crippen molar-refractivity contribution in [2.24, 2.45) is 0 Å². The molecular weight excluding hydrogens is 363 g/mol. The quantitative estimate of drug-likeness (QED) is 0.404. The van der Waals surface area contributed by atoms with Gasteiger partial charge in [-0.15, -0.1) is 0 Å². The second-order valence-corrected chi connectivity index (χ2v) is 7.15. The molecule has 0 bridgehead atoms. The molecule has 4 rings (SSSR count). The Labute approximate surface area is 163 Å². The van der Waals surface area contributed by atoms with Crippen LogP contribution in [0.4, 0.5) is 0 Å². The van der Waals surface area contributed by atoms with Gasteiger partial charge in [0.1, 0.15) is 5.82 Å². The van der Waals surface area contributed by atoms with Gasteiger partial charge >= 0.3 is 0 Å². The second kappa shape index (κ2) is 7.53. The van der Waals surface area contributed by atoms with Crippen LogP contribution in [-0.2, 0) is 19.4 Å². The molecule has 0 amide bonds. The van der Waals surface area contributed by atoms with E-state index in [0.29, 0.717) is 10.0 Å². The number of aromatic nitrogens is 2. The van der Waals surface area contributed by atoms with Crippen LogP contribution < -0.4 is 0 Å². The first-order chi connectivity index (χ1) is 12.7. The normalized spacial score (nSPS) is 11.2. The van der Waals surface area contributed by atoms with Gasteiger partial charge in [-0.1, -0.05) is 71.7 Å². The van der Waals surface area contributed by atoms with E-state index in [2.05, 4.69) is 47.0 Å². The van der Waals surface area contributed by atoms with Crippen LogP contribution in [0.3, 0.4) is 0 Å². The van der Waals surface area contributed by atoms with Gasteiger partial charge in [0, 0.05) is 13.0 Å². The van der Waals surface area contributed by atoms with Crippen molar-refractivity contribution in [2.75, 3.05) is 0 Å². The van der Waals surface area contributed by atoms with Gasteiger partial charge in [-0.3, -0.25) is 0 Å². The minimum Gasteiger partial charge on any atom is -0.323 e. The summed E-state index contributed by atoms with van der Waals surface area (Å²) in [6, 6.07) is 24.6. The maximum Gasteiger partial charge on any atom is 0.110 e. The zero-order chi connectivity index (χ0) is 17.9. The first-order valence-electron chi connectivity index (χ1n) is 8.63. The Morgan fingerprint density at radius 1 is 0.731 bits per heavy atom. The molecule has 2 nitrogen and oxygen atoms in total. The molecule has 1 heterocycles. The van der Waals surface area contributed by atoms with Gasteiger partial charge in [0.15, 0.2) is 0 Å². The molecule has 0 spiro atoms. The lowest BCUT2D eigenvalue weighted by molar-refractivity contribution is 0.730. The van der Waals surface area contributed by atoms with Crippen molar-refractivity contribution in [1.29, 1.82) is 0 Å². The molecular formula is C22H18Cl2N2. The third-order valence-electron chi connectivity index (χ3n) is 4.54. The molecule has 4 heteroatoms. The maximum atomic E-state index is 6.20. The molecule has 0 saturated heterocycles. The summed E-state index contributed by atoms with van der Waals surface area (Å²) < 4.78 is 2.28. The Morgan fingerprint density at radius 3 is 2.31 bits per heavy atom. The van der Waals surface area contributed by atoms with Crippen LogP contribution in [0.25, 0.3) is 11.0 Å². The lowest BCUT2D eigenvalue weighted by Gasteiger charge is -2.10. The minimum atomic E-state index is 0.579. The lowest BCUT2D eigenvalue weighted by atomic mass is 10.1. The number of rotatable bonds is 5. The summed E-state index contributed by atoms with van der Waals surface area (Å²) >= 11 is 12.3. The van der Waals surface area contributed by atoms with Crippen LogP contribution in [0, 0.1) is 0 Å². The van der Waals surface area contributed by atoms with E-state index in [-0.39, 0.29) is 0 Å². The van der Waals surface area contributed by atoms with Gasteiger partial charge in [-0.2, -0.15) is 0 Å². The molecule has 130 valence electrons. The number of hydrogen-bond donors (Lipinski definition) is 0. The van der Waals surface area contributed by atoms with Crippen molar-refractivity contribution < 1.29 is 0 Å². The highest BCUT2D eigenvalue weighted by Crippen LogP contribution is 2.25. The highest BCUT2D eigenvalue weighted by Gasteiger charge is 2.11. The molecule has 26 heavy (non-hydrogen) atoms. The molecule has 0 aliphatic carbocycles. The summed E-state index contributed by atoms with van der Waals surface area (Å²) in [7, 11) is 0. The predicted octanol–water partition coefficient (Wildman–Crippen LogP) is 6.18. The predicted molar refractivity (Wildman–Crippen MR) is 109 cm³/mol. The van der Waals surface area contributed by atoms with E-state index < -0.39 is 0 Å². The number of fused-ring (bicyclic) bond motifs is 1. The topological polar surface area (TPSA) is 17.8 Å². The summed E-state index contributed by atoms with van der Waals surface area (Å²) in [5, 5.41) is 1.16. The zero-order valence-corrected chi connectivity index (χ0v) is 15.7. The van der Waals surface area contributed by atoms with Crippen LogP contribution in [0.2, 0.25) is 10.0 Å². The van der Waals surface area contributed by atoms with Crippen molar-refractivity contribution in [2.45, 2.75) is 19.4 Å². The monoisotopic (exact) mass is 380 g/mol. The molecule has 1 aromatic heterocycles. The minimum absolute atomic E-state index is 0.579. The van der Waals surface area contributed by atoms with Crippen molar-refractivity contribution in [3.8, 4) is 0 Å². The first-order valence-corrected chi connectivity index (χ1v) is 9.38. The molecule has 0 radical (unpaired) electrons. The van der Waals surface area contributed by atoms with Crippen LogP contribution >= 0.6 is 23.2 Å². The summed E-state index contributed by atoms with van der Waals surface area (Å²) in [5.41, 5.74) is 4.60. The van der Waals surface area contributed by atoms with Crippen molar-refractivity contribution in [3.63, 3.8) is 0 Å². The number of hydrogen-bond acceptors (Lipinski definition) is 1. The fraction of sp³-hybridized carbons (Fsp3) is 0.136. The van der Waals surface area contributed by atoms with Gasteiger partial charge in [-0.05, 0) is 41.8 Å². The highest BCUT2D eigenvalue weighted by atomic mass is 35.5. The average molecular weight is 381 g/mol. The van der Waals surface area contributed by atoms with Gasteiger partial charge in [-0.25, -0.2) is 4.98 Å². The summed E-state index contributed by atoms with van der Waals surface area (Å²) in [6.45, 7) is 0.724. The number of aryl methyl sites for hydroxylation is 2. The van der Waals surface area contributed by atoms with E-state index in [1.165, 1.54) is 5.56 Å². The standard InChI is InChI=1S/C22H18Cl2N2/c23-18-12-10-17(14-19(18)24)15-26-21-9-5-4-8-20(21)25-22(26)13-11-16-6-2-1-3-7-16/h1-10,12,14H,11,13,15H2. The maximum absolute atomic E-state index is 6.20. The largest absolute Gasteiger partial charge is 0.323 e. The number of nitrogens with zero attached hydrogens (tertiary/aromatic N) is 2. The van der Waals surface area contributed by atoms with Crippen molar-refractivity contribution in [3.05, 3.63) is 99.8 Å². The summed E-state index contributed by atoms with van der Waals surface area (Å²) in [5.74, 6) is 1.08. The fourth-order valence-corrected chi connectivity index (χ4v) is 3.53. The van der Waals surface area contributed by atoms with E-state index in [0.717, 1.165) is 41.8 Å². The zero-order valence-electron chi connectivity index (χ0n) is 14.2. The Bertz CT molecular complexity index is 1040. The fourth-order valence-electron chi connectivity index (χ4n) is 3.21. The molecule has 0 fully saturated rings. The molecule has 0 aliphatic heterocycles. The Hall–Kier alpha value is -2.29. The molecule has 0 atom stereocenters. The van der Waals surface area contributed by atoms with Gasteiger partial charge in [0.05, 0.1) is 21.1 Å². The molecule has 4 aromatic rings. The van der Waals surface area contributed by atoms with E-state index in [9.17, 15) is 0 Å².